The van der Waals surface area contributed by atoms with Gasteiger partial charge in [-0.3, -0.25) is 9.69 Å². The van der Waals surface area contributed by atoms with Crippen molar-refractivity contribution in [1.82, 2.24) is 4.90 Å². The average Bonchev–Trinajstić information content (AvgIpc) is 2.79. The van der Waals surface area contributed by atoms with Crippen molar-refractivity contribution in [2.24, 2.45) is 5.92 Å². The van der Waals surface area contributed by atoms with E-state index in [0.29, 0.717) is 31.8 Å². The van der Waals surface area contributed by atoms with Crippen LogP contribution in [0, 0.1) is 5.92 Å². The van der Waals surface area contributed by atoms with E-state index in [-0.39, 0.29) is 11.7 Å². The van der Waals surface area contributed by atoms with Gasteiger partial charge in [-0.1, -0.05) is 25.5 Å². The summed E-state index contributed by atoms with van der Waals surface area (Å²) in [5, 5.41) is 19.4. The molecule has 1 saturated heterocycles. The van der Waals surface area contributed by atoms with E-state index in [1.807, 2.05) is 36.4 Å². The number of piperidine rings is 1. The van der Waals surface area contributed by atoms with Gasteiger partial charge in [0.1, 0.15) is 30.5 Å². The fourth-order valence-electron chi connectivity index (χ4n) is 4.33. The van der Waals surface area contributed by atoms with E-state index in [0.717, 1.165) is 54.9 Å². The largest absolute Gasteiger partial charge is 0.508 e. The van der Waals surface area contributed by atoms with Crippen LogP contribution >= 0.6 is 0 Å². The van der Waals surface area contributed by atoms with Crippen LogP contribution in [0.15, 0.2) is 42.0 Å². The number of phenolic OH excluding ortho intramolecular Hbond substituents is 1. The van der Waals surface area contributed by atoms with Gasteiger partial charge in [0.2, 0.25) is 0 Å². The highest BCUT2D eigenvalue weighted by molar-refractivity contribution is 5.70. The van der Waals surface area contributed by atoms with Gasteiger partial charge in [-0.05, 0) is 67.8 Å². The molecular formula is C26H31NO5. The average molecular weight is 438 g/mol. The molecule has 0 bridgehead atoms. The molecule has 0 aliphatic carbocycles. The maximum absolute atomic E-state index is 11.1. The lowest BCUT2D eigenvalue weighted by molar-refractivity contribution is -0.143. The SMILES string of the molecule is CCCc1ccc(COc2ccc3c(c2)OCC(CN2CCC(C(=O)O)CC2)=C3)c(O)c1. The lowest BCUT2D eigenvalue weighted by Gasteiger charge is -2.31. The number of aliphatic carboxylic acids is 1. The summed E-state index contributed by atoms with van der Waals surface area (Å²) in [5.74, 6) is 0.871. The van der Waals surface area contributed by atoms with E-state index in [1.54, 1.807) is 0 Å². The summed E-state index contributed by atoms with van der Waals surface area (Å²) >= 11 is 0. The van der Waals surface area contributed by atoms with Crippen molar-refractivity contribution >= 4 is 12.0 Å². The van der Waals surface area contributed by atoms with Crippen LogP contribution in [0.5, 0.6) is 17.2 Å². The topological polar surface area (TPSA) is 79.2 Å². The number of nitrogens with zero attached hydrogens (tertiary/aromatic N) is 1. The number of likely N-dealkylation sites (tertiary alicyclic amines) is 1. The first kappa shape index (κ1) is 22.2. The summed E-state index contributed by atoms with van der Waals surface area (Å²) in [6, 6.07) is 11.6. The molecule has 6 nitrogen and oxygen atoms in total. The summed E-state index contributed by atoms with van der Waals surface area (Å²) in [5.41, 5.74) is 4.10. The van der Waals surface area contributed by atoms with E-state index < -0.39 is 5.97 Å². The smallest absolute Gasteiger partial charge is 0.306 e. The van der Waals surface area contributed by atoms with Gasteiger partial charge in [0, 0.05) is 23.7 Å². The first-order chi connectivity index (χ1) is 15.5. The number of ether oxygens (including phenoxy) is 2. The predicted molar refractivity (Wildman–Crippen MR) is 123 cm³/mol. The zero-order valence-electron chi connectivity index (χ0n) is 18.5. The van der Waals surface area contributed by atoms with Crippen molar-refractivity contribution in [2.75, 3.05) is 26.2 Å². The quantitative estimate of drug-likeness (QED) is 0.633. The van der Waals surface area contributed by atoms with Gasteiger partial charge in [0.15, 0.2) is 0 Å². The molecule has 170 valence electrons. The number of rotatable bonds is 8. The number of carboxylic acids is 1. The number of benzene rings is 2. The molecule has 2 aromatic rings. The predicted octanol–water partition coefficient (Wildman–Crippen LogP) is 4.50. The van der Waals surface area contributed by atoms with Gasteiger partial charge in [0.05, 0.1) is 5.92 Å². The number of hydrogen-bond donors (Lipinski definition) is 2. The maximum atomic E-state index is 11.1. The highest BCUT2D eigenvalue weighted by Crippen LogP contribution is 2.32. The normalized spacial score (nSPS) is 16.7. The summed E-state index contributed by atoms with van der Waals surface area (Å²) < 4.78 is 11.9. The summed E-state index contributed by atoms with van der Waals surface area (Å²) in [7, 11) is 0. The van der Waals surface area contributed by atoms with Crippen LogP contribution in [0.25, 0.3) is 6.08 Å². The van der Waals surface area contributed by atoms with E-state index in [4.69, 9.17) is 14.6 Å². The Morgan fingerprint density at radius 3 is 2.72 bits per heavy atom. The fraction of sp³-hybridized carbons (Fsp3) is 0.423. The van der Waals surface area contributed by atoms with E-state index in [9.17, 15) is 9.90 Å². The Kier molecular flexibility index (Phi) is 7.00. The molecule has 1 fully saturated rings. The van der Waals surface area contributed by atoms with Gasteiger partial charge in [0.25, 0.3) is 0 Å². The van der Waals surface area contributed by atoms with Crippen molar-refractivity contribution in [1.29, 1.82) is 0 Å². The van der Waals surface area contributed by atoms with E-state index in [1.165, 1.54) is 5.57 Å². The number of hydrogen-bond acceptors (Lipinski definition) is 5. The fourth-order valence-corrected chi connectivity index (χ4v) is 4.33. The third kappa shape index (κ3) is 5.43. The molecule has 2 aromatic carbocycles. The van der Waals surface area contributed by atoms with E-state index >= 15 is 0 Å². The second kappa shape index (κ2) is 10.1. The van der Waals surface area contributed by atoms with E-state index in [2.05, 4.69) is 17.9 Å². The Bertz CT molecular complexity index is 992. The summed E-state index contributed by atoms with van der Waals surface area (Å²) in [6.45, 7) is 5.35. The molecule has 32 heavy (non-hydrogen) atoms. The number of aryl methyl sites for hydroxylation is 1. The second-order valence-electron chi connectivity index (χ2n) is 8.68. The highest BCUT2D eigenvalue weighted by atomic mass is 16.5. The van der Waals surface area contributed by atoms with Crippen molar-refractivity contribution in [3.63, 3.8) is 0 Å². The van der Waals surface area contributed by atoms with Gasteiger partial charge < -0.3 is 19.7 Å². The van der Waals surface area contributed by atoms with Gasteiger partial charge in [-0.2, -0.15) is 0 Å². The van der Waals surface area contributed by atoms with Gasteiger partial charge >= 0.3 is 5.97 Å². The molecular weight excluding hydrogens is 406 g/mol. The number of aromatic hydroxyl groups is 1. The molecule has 0 aromatic heterocycles. The highest BCUT2D eigenvalue weighted by Gasteiger charge is 2.25. The van der Waals surface area contributed by atoms with Crippen molar-refractivity contribution < 1.29 is 24.5 Å². The molecule has 2 aliphatic heterocycles. The Labute approximate surface area is 189 Å². The Morgan fingerprint density at radius 1 is 1.19 bits per heavy atom. The molecule has 0 unspecified atom stereocenters. The minimum atomic E-state index is -0.680. The van der Waals surface area contributed by atoms with Crippen LogP contribution in [0.3, 0.4) is 0 Å². The molecule has 0 saturated carbocycles. The molecule has 2 heterocycles. The molecule has 0 radical (unpaired) electrons. The molecule has 2 aliphatic rings. The minimum absolute atomic E-state index is 0.210. The Balaban J connectivity index is 1.34. The third-order valence-electron chi connectivity index (χ3n) is 6.20. The Morgan fingerprint density at radius 2 is 2.00 bits per heavy atom. The standard InChI is InChI=1S/C26H31NO5/c1-2-3-18-4-5-22(24(28)13-18)17-31-23-7-6-21-12-19(16-32-25(21)14-23)15-27-10-8-20(9-11-27)26(29)30/h4-7,12-14,20,28H,2-3,8-11,15-17H2,1H3,(H,29,30). The monoisotopic (exact) mass is 437 g/mol. The maximum Gasteiger partial charge on any atom is 0.306 e. The number of carbonyl (C=O) groups is 1. The molecule has 4 rings (SSSR count). The van der Waals surface area contributed by atoms with Crippen LogP contribution in [0.4, 0.5) is 0 Å². The molecule has 0 amide bonds. The lowest BCUT2D eigenvalue weighted by atomic mass is 9.96. The van der Waals surface area contributed by atoms with Crippen LogP contribution in [0.2, 0.25) is 0 Å². The van der Waals surface area contributed by atoms with Crippen LogP contribution in [-0.4, -0.2) is 47.3 Å². The minimum Gasteiger partial charge on any atom is -0.508 e. The van der Waals surface area contributed by atoms with Gasteiger partial charge in [-0.15, -0.1) is 0 Å². The van der Waals surface area contributed by atoms with Gasteiger partial charge in [-0.25, -0.2) is 0 Å². The summed E-state index contributed by atoms with van der Waals surface area (Å²) in [6.07, 6.45) is 5.57. The third-order valence-corrected chi connectivity index (χ3v) is 6.20. The second-order valence-corrected chi connectivity index (χ2v) is 8.68. The van der Waals surface area contributed by atoms with Crippen LogP contribution in [0.1, 0.15) is 42.9 Å². The van der Waals surface area contributed by atoms with Crippen molar-refractivity contribution in [2.45, 2.75) is 39.2 Å². The van der Waals surface area contributed by atoms with Crippen LogP contribution in [-0.2, 0) is 17.8 Å². The number of fused-ring (bicyclic) bond motifs is 1. The first-order valence-corrected chi connectivity index (χ1v) is 11.4. The Hall–Kier alpha value is -2.99. The summed E-state index contributed by atoms with van der Waals surface area (Å²) in [4.78, 5) is 13.4. The first-order valence-electron chi connectivity index (χ1n) is 11.4. The molecule has 6 heteroatoms. The van der Waals surface area contributed by atoms with Crippen molar-refractivity contribution in [3.8, 4) is 17.2 Å². The molecule has 0 spiro atoms. The zero-order chi connectivity index (χ0) is 22.5. The number of phenols is 1. The zero-order valence-corrected chi connectivity index (χ0v) is 18.5. The lowest BCUT2D eigenvalue weighted by Crippen LogP contribution is -2.38. The molecule has 2 N–H and O–H groups in total. The van der Waals surface area contributed by atoms with Crippen LogP contribution < -0.4 is 9.47 Å². The van der Waals surface area contributed by atoms with Crippen molar-refractivity contribution in [3.05, 3.63) is 58.7 Å². The molecule has 0 atom stereocenters. The number of carboxylic acid groups (broad SMARTS) is 1.